The predicted molar refractivity (Wildman–Crippen MR) is 176 cm³/mol. The van der Waals surface area contributed by atoms with Crippen molar-refractivity contribution in [2.75, 3.05) is 20.2 Å². The van der Waals surface area contributed by atoms with Crippen LogP contribution in [-0.4, -0.2) is 78.8 Å². The fraction of sp³-hybridized carbons (Fsp3) is 0.514. The van der Waals surface area contributed by atoms with Crippen molar-refractivity contribution in [1.29, 1.82) is 0 Å². The van der Waals surface area contributed by atoms with Gasteiger partial charge in [0.15, 0.2) is 0 Å². The number of carbonyl (C=O) groups is 5. The van der Waals surface area contributed by atoms with Gasteiger partial charge in [-0.15, -0.1) is 0 Å². The lowest BCUT2D eigenvalue weighted by molar-refractivity contribution is -0.142. The van der Waals surface area contributed by atoms with E-state index in [9.17, 15) is 24.0 Å². The Labute approximate surface area is 272 Å². The number of nitrogens with zero attached hydrogens (tertiary/aromatic N) is 1. The zero-order valence-electron chi connectivity index (χ0n) is 27.8. The number of likely N-dealkylation sites (N-methyl/N-ethyl adjacent to an activating group) is 1. The molecule has 0 aromatic heterocycles. The van der Waals surface area contributed by atoms with E-state index in [2.05, 4.69) is 21.3 Å². The summed E-state index contributed by atoms with van der Waals surface area (Å²) in [5, 5.41) is 11.3. The van der Waals surface area contributed by atoms with E-state index in [0.29, 0.717) is 19.4 Å². The quantitative estimate of drug-likeness (QED) is 0.328. The van der Waals surface area contributed by atoms with Crippen LogP contribution in [0.4, 0.5) is 0 Å². The number of fused-ring (bicyclic) bond motifs is 1. The molecular formula is C35H49N5O6. The first kappa shape index (κ1) is 36.1. The molecule has 250 valence electrons. The molecule has 4 atom stereocenters. The third-order valence-electron chi connectivity index (χ3n) is 7.90. The molecule has 5 amide bonds. The van der Waals surface area contributed by atoms with Crippen LogP contribution in [0.2, 0.25) is 0 Å². The maximum Gasteiger partial charge on any atom is 0.255 e. The number of benzene rings is 2. The standard InChI is InChI=1S/C35H49N5O6/c1-22(2)19-28-34(44)39-31(23(3)4)35(45)37-24(5)21-46-29-17-11-10-16-26(29)32(42)38-27(20-30(41)40(28)6)33(43)36-18-12-15-25-13-8-7-9-14-25/h7-11,13-14,16-17,22-24,27-28,31H,12,15,18-21H2,1-6H3,(H,36,43)(H,37,45)(H,38,42)(H,39,44)/t24-,27-,28-,31+/m0/s1. The van der Waals surface area contributed by atoms with Gasteiger partial charge in [0, 0.05) is 13.6 Å². The number of hydrogen-bond acceptors (Lipinski definition) is 6. The number of carbonyl (C=O) groups excluding carboxylic acids is 5. The van der Waals surface area contributed by atoms with Crippen LogP contribution in [0.15, 0.2) is 54.6 Å². The van der Waals surface area contributed by atoms with E-state index in [0.717, 1.165) is 12.0 Å². The lowest BCUT2D eigenvalue weighted by Crippen LogP contribution is -2.57. The van der Waals surface area contributed by atoms with Crippen LogP contribution >= 0.6 is 0 Å². The van der Waals surface area contributed by atoms with Crippen molar-refractivity contribution in [3.05, 3.63) is 65.7 Å². The van der Waals surface area contributed by atoms with Gasteiger partial charge in [0.1, 0.15) is 30.5 Å². The topological polar surface area (TPSA) is 146 Å². The van der Waals surface area contributed by atoms with Crippen LogP contribution in [-0.2, 0) is 25.6 Å². The summed E-state index contributed by atoms with van der Waals surface area (Å²) in [7, 11) is 1.51. The van der Waals surface area contributed by atoms with Gasteiger partial charge in [-0.05, 0) is 55.7 Å². The molecule has 0 unspecified atom stereocenters. The largest absolute Gasteiger partial charge is 0.491 e. The van der Waals surface area contributed by atoms with Crippen LogP contribution in [0.3, 0.4) is 0 Å². The molecule has 0 aliphatic carbocycles. The third-order valence-corrected chi connectivity index (χ3v) is 7.90. The van der Waals surface area contributed by atoms with E-state index in [-0.39, 0.29) is 42.1 Å². The summed E-state index contributed by atoms with van der Waals surface area (Å²) < 4.78 is 5.94. The van der Waals surface area contributed by atoms with Crippen molar-refractivity contribution in [1.82, 2.24) is 26.2 Å². The molecule has 0 saturated carbocycles. The van der Waals surface area contributed by atoms with Crippen molar-refractivity contribution in [2.45, 2.75) is 84.5 Å². The number of amides is 5. The average Bonchev–Trinajstić information content (AvgIpc) is 3.02. The van der Waals surface area contributed by atoms with Crippen LogP contribution < -0.4 is 26.0 Å². The molecule has 0 bridgehead atoms. The fourth-order valence-corrected chi connectivity index (χ4v) is 5.25. The second-order valence-electron chi connectivity index (χ2n) is 12.7. The third kappa shape index (κ3) is 10.6. The van der Waals surface area contributed by atoms with Crippen LogP contribution in [0.25, 0.3) is 0 Å². The van der Waals surface area contributed by atoms with Gasteiger partial charge in [-0.3, -0.25) is 24.0 Å². The van der Waals surface area contributed by atoms with Crippen LogP contribution in [0.5, 0.6) is 5.75 Å². The minimum atomic E-state index is -1.21. The smallest absolute Gasteiger partial charge is 0.255 e. The van der Waals surface area contributed by atoms with Gasteiger partial charge in [0.05, 0.1) is 18.0 Å². The molecule has 3 rings (SSSR count). The summed E-state index contributed by atoms with van der Waals surface area (Å²) >= 11 is 0. The molecule has 0 saturated heterocycles. The Hall–Kier alpha value is -4.41. The molecule has 0 spiro atoms. The highest BCUT2D eigenvalue weighted by atomic mass is 16.5. The number of hydrogen-bond donors (Lipinski definition) is 4. The molecule has 2 aromatic carbocycles. The van der Waals surface area contributed by atoms with Crippen molar-refractivity contribution in [2.24, 2.45) is 11.8 Å². The zero-order chi connectivity index (χ0) is 33.8. The molecular weight excluding hydrogens is 586 g/mol. The maximum absolute atomic E-state index is 13.7. The molecule has 11 nitrogen and oxygen atoms in total. The number of aryl methyl sites for hydroxylation is 1. The van der Waals surface area contributed by atoms with Crippen molar-refractivity contribution in [3.8, 4) is 5.75 Å². The van der Waals surface area contributed by atoms with Gasteiger partial charge in [0.25, 0.3) is 5.91 Å². The van der Waals surface area contributed by atoms with Crippen molar-refractivity contribution < 1.29 is 28.7 Å². The van der Waals surface area contributed by atoms with Gasteiger partial charge in [-0.25, -0.2) is 0 Å². The molecule has 1 aliphatic rings. The minimum Gasteiger partial charge on any atom is -0.491 e. The lowest BCUT2D eigenvalue weighted by atomic mass is 9.98. The first-order chi connectivity index (χ1) is 21.9. The van der Waals surface area contributed by atoms with Gasteiger partial charge in [-0.2, -0.15) is 0 Å². The highest BCUT2D eigenvalue weighted by Crippen LogP contribution is 2.20. The molecule has 2 aromatic rings. The van der Waals surface area contributed by atoms with E-state index < -0.39 is 47.8 Å². The van der Waals surface area contributed by atoms with Gasteiger partial charge >= 0.3 is 0 Å². The Morgan fingerprint density at radius 3 is 2.28 bits per heavy atom. The first-order valence-electron chi connectivity index (χ1n) is 16.1. The highest BCUT2D eigenvalue weighted by molar-refractivity contribution is 6.01. The van der Waals surface area contributed by atoms with E-state index in [1.54, 1.807) is 31.2 Å². The summed E-state index contributed by atoms with van der Waals surface area (Å²) in [6.45, 7) is 9.70. The summed E-state index contributed by atoms with van der Waals surface area (Å²) in [6, 6.07) is 13.1. The van der Waals surface area contributed by atoms with Crippen LogP contribution in [0.1, 0.15) is 69.8 Å². The van der Waals surface area contributed by atoms with Crippen LogP contribution in [0, 0.1) is 11.8 Å². The summed E-state index contributed by atoms with van der Waals surface area (Å²) in [5.41, 5.74) is 1.32. The minimum absolute atomic E-state index is 0.0449. The van der Waals surface area contributed by atoms with Gasteiger partial charge in [0.2, 0.25) is 23.6 Å². The normalized spacial score (nSPS) is 21.9. The molecule has 4 N–H and O–H groups in total. The summed E-state index contributed by atoms with van der Waals surface area (Å²) in [5.74, 6) is -2.37. The molecule has 1 heterocycles. The molecule has 11 heteroatoms. The molecule has 0 fully saturated rings. The Morgan fingerprint density at radius 1 is 0.935 bits per heavy atom. The lowest BCUT2D eigenvalue weighted by Gasteiger charge is -2.32. The Balaban J connectivity index is 1.92. The second kappa shape index (κ2) is 17.3. The SMILES string of the molecule is CC(C)C[C@H]1C(=O)N[C@H](C(C)C)C(=O)N[C@@H](C)COc2ccccc2C(=O)N[C@H](C(=O)NCCCc2ccccc2)CC(=O)N1C. The zero-order valence-corrected chi connectivity index (χ0v) is 27.8. The number of nitrogens with one attached hydrogen (secondary N) is 4. The average molecular weight is 636 g/mol. The van der Waals surface area contributed by atoms with Gasteiger partial charge in [-0.1, -0.05) is 70.2 Å². The Bertz CT molecular complexity index is 1350. The Morgan fingerprint density at radius 2 is 1.61 bits per heavy atom. The molecule has 0 radical (unpaired) electrons. The first-order valence-corrected chi connectivity index (χ1v) is 16.1. The van der Waals surface area contributed by atoms with E-state index >= 15 is 0 Å². The number of rotatable bonds is 8. The van der Waals surface area contributed by atoms with Crippen molar-refractivity contribution in [3.63, 3.8) is 0 Å². The van der Waals surface area contributed by atoms with Crippen molar-refractivity contribution >= 4 is 29.5 Å². The predicted octanol–water partition coefficient (Wildman–Crippen LogP) is 2.84. The van der Waals surface area contributed by atoms with E-state index in [4.69, 9.17) is 4.74 Å². The monoisotopic (exact) mass is 635 g/mol. The highest BCUT2D eigenvalue weighted by Gasteiger charge is 2.35. The number of ether oxygens (including phenoxy) is 1. The Kier molecular flexibility index (Phi) is 13.6. The summed E-state index contributed by atoms with van der Waals surface area (Å²) in [4.78, 5) is 69.0. The maximum atomic E-state index is 13.7. The second-order valence-corrected chi connectivity index (χ2v) is 12.7. The van der Waals surface area contributed by atoms with E-state index in [1.165, 1.54) is 11.9 Å². The summed E-state index contributed by atoms with van der Waals surface area (Å²) in [6.07, 6.45) is 1.38. The number of para-hydroxylation sites is 1. The molecule has 1 aliphatic heterocycles. The fourth-order valence-electron chi connectivity index (χ4n) is 5.25. The van der Waals surface area contributed by atoms with Gasteiger partial charge < -0.3 is 30.9 Å². The molecule has 46 heavy (non-hydrogen) atoms. The van der Waals surface area contributed by atoms with E-state index in [1.807, 2.05) is 58.0 Å².